The number of sulfonamides is 1. The predicted octanol–water partition coefficient (Wildman–Crippen LogP) is 2.31. The van der Waals surface area contributed by atoms with E-state index in [1.807, 2.05) is 30.3 Å². The Morgan fingerprint density at radius 3 is 2.46 bits per heavy atom. The maximum atomic E-state index is 13.1. The topological polar surface area (TPSA) is 90.0 Å². The molecule has 0 radical (unpaired) electrons. The first-order valence-corrected chi connectivity index (χ1v) is 13.7. The van der Waals surface area contributed by atoms with Crippen molar-refractivity contribution in [2.45, 2.75) is 38.0 Å². The Morgan fingerprint density at radius 1 is 1.03 bits per heavy atom. The molecule has 9 heteroatoms. The van der Waals surface area contributed by atoms with Gasteiger partial charge in [-0.15, -0.1) is 0 Å². The first-order chi connectivity index (χ1) is 16.7. The molecule has 2 heterocycles. The Bertz CT molecular complexity index is 1230. The number of nitrogens with zero attached hydrogens (tertiary/aromatic N) is 3. The fourth-order valence-corrected chi connectivity index (χ4v) is 7.24. The molecule has 3 aliphatic rings. The number of hydrogen-bond donors (Lipinski definition) is 1. The maximum Gasteiger partial charge on any atom is 0.331 e. The largest absolute Gasteiger partial charge is 0.368 e. The van der Waals surface area contributed by atoms with Crippen LogP contribution in [0.4, 0.5) is 10.5 Å². The highest BCUT2D eigenvalue weighted by atomic mass is 32.2. The molecule has 0 aromatic heterocycles. The zero-order valence-electron chi connectivity index (χ0n) is 20.2. The molecule has 2 saturated heterocycles. The van der Waals surface area contributed by atoms with E-state index in [0.29, 0.717) is 39.0 Å². The number of anilines is 1. The number of rotatable bonds is 6. The SMILES string of the molecule is Cc1ccc(C)c(N2CCN(C(=O)C3CN(S(=O)(=O)C4CC4Cc4ccccc4)C(=O)N3)CC2)c1. The average molecular weight is 497 g/mol. The van der Waals surface area contributed by atoms with Crippen LogP contribution in [0.25, 0.3) is 0 Å². The molecule has 1 aliphatic carbocycles. The summed E-state index contributed by atoms with van der Waals surface area (Å²) in [7, 11) is -3.79. The molecule has 8 nitrogen and oxygen atoms in total. The van der Waals surface area contributed by atoms with E-state index in [2.05, 4.69) is 42.3 Å². The van der Waals surface area contributed by atoms with Crippen molar-refractivity contribution in [1.82, 2.24) is 14.5 Å². The van der Waals surface area contributed by atoms with Crippen LogP contribution in [-0.2, 0) is 21.2 Å². The van der Waals surface area contributed by atoms with Crippen molar-refractivity contribution >= 4 is 27.6 Å². The fraction of sp³-hybridized carbons (Fsp3) is 0.462. The molecule has 3 amide bonds. The van der Waals surface area contributed by atoms with Gasteiger partial charge >= 0.3 is 6.03 Å². The summed E-state index contributed by atoms with van der Waals surface area (Å²) in [6.45, 7) is 6.48. The second-order valence-corrected chi connectivity index (χ2v) is 12.0. The number of nitrogens with one attached hydrogen (secondary N) is 1. The van der Waals surface area contributed by atoms with E-state index in [1.165, 1.54) is 16.8 Å². The predicted molar refractivity (Wildman–Crippen MR) is 135 cm³/mol. The second-order valence-electron chi connectivity index (χ2n) is 9.90. The van der Waals surface area contributed by atoms with E-state index in [4.69, 9.17) is 0 Å². The molecule has 1 saturated carbocycles. The molecule has 3 unspecified atom stereocenters. The Hall–Kier alpha value is -3.07. The quantitative estimate of drug-likeness (QED) is 0.663. The van der Waals surface area contributed by atoms with Crippen LogP contribution in [0, 0.1) is 19.8 Å². The second kappa shape index (κ2) is 9.18. The summed E-state index contributed by atoms with van der Waals surface area (Å²) in [6, 6.07) is 14.6. The summed E-state index contributed by atoms with van der Waals surface area (Å²) >= 11 is 0. The summed E-state index contributed by atoms with van der Waals surface area (Å²) in [4.78, 5) is 29.7. The van der Waals surface area contributed by atoms with Gasteiger partial charge in [-0.3, -0.25) is 4.79 Å². The standard InChI is InChI=1S/C26H32N4O4S/c1-18-8-9-19(2)23(14-18)28-10-12-29(13-11-28)25(31)22-17-30(26(32)27-22)35(33,34)24-16-21(24)15-20-6-4-3-5-7-20/h3-9,14,21-22,24H,10-13,15-17H2,1-2H3,(H,27,32). The number of aryl methyl sites for hydroxylation is 2. The minimum absolute atomic E-state index is 0.00288. The Morgan fingerprint density at radius 2 is 1.74 bits per heavy atom. The molecule has 2 aliphatic heterocycles. The van der Waals surface area contributed by atoms with Crippen molar-refractivity contribution in [1.29, 1.82) is 0 Å². The summed E-state index contributed by atoms with van der Waals surface area (Å²) < 4.78 is 27.2. The minimum atomic E-state index is -3.79. The molecule has 186 valence electrons. The normalized spacial score (nSPS) is 24.5. The highest BCUT2D eigenvalue weighted by molar-refractivity contribution is 7.90. The summed E-state index contributed by atoms with van der Waals surface area (Å²) in [5.74, 6) is -0.212. The lowest BCUT2D eigenvalue weighted by Gasteiger charge is -2.37. The van der Waals surface area contributed by atoms with Crippen LogP contribution in [0.5, 0.6) is 0 Å². The summed E-state index contributed by atoms with van der Waals surface area (Å²) in [6.07, 6.45) is 1.22. The van der Waals surface area contributed by atoms with Crippen molar-refractivity contribution < 1.29 is 18.0 Å². The highest BCUT2D eigenvalue weighted by Gasteiger charge is 2.53. The monoisotopic (exact) mass is 496 g/mol. The van der Waals surface area contributed by atoms with E-state index in [0.717, 1.165) is 9.87 Å². The lowest BCUT2D eigenvalue weighted by atomic mass is 10.1. The highest BCUT2D eigenvalue weighted by Crippen LogP contribution is 2.41. The Balaban J connectivity index is 1.18. The van der Waals surface area contributed by atoms with Gasteiger partial charge in [-0.2, -0.15) is 0 Å². The smallest absolute Gasteiger partial charge is 0.331 e. The number of amides is 3. The van der Waals surface area contributed by atoms with Gasteiger partial charge in [-0.05, 0) is 55.4 Å². The van der Waals surface area contributed by atoms with Crippen molar-refractivity contribution in [2.24, 2.45) is 5.92 Å². The molecule has 0 spiro atoms. The number of benzene rings is 2. The molecule has 1 N–H and O–H groups in total. The third-order valence-electron chi connectivity index (χ3n) is 7.36. The molecule has 3 fully saturated rings. The first-order valence-electron chi connectivity index (χ1n) is 12.2. The van der Waals surface area contributed by atoms with Gasteiger partial charge in [0.15, 0.2) is 0 Å². The van der Waals surface area contributed by atoms with Crippen molar-refractivity contribution in [3.63, 3.8) is 0 Å². The van der Waals surface area contributed by atoms with E-state index in [9.17, 15) is 18.0 Å². The zero-order chi connectivity index (χ0) is 24.7. The van der Waals surface area contributed by atoms with Gasteiger partial charge in [-0.1, -0.05) is 42.5 Å². The van der Waals surface area contributed by atoms with Crippen LogP contribution in [-0.4, -0.2) is 73.6 Å². The van der Waals surface area contributed by atoms with E-state index < -0.39 is 27.3 Å². The van der Waals surface area contributed by atoms with E-state index in [-0.39, 0.29) is 18.4 Å². The number of carbonyl (C=O) groups is 2. The van der Waals surface area contributed by atoms with E-state index >= 15 is 0 Å². The summed E-state index contributed by atoms with van der Waals surface area (Å²) in [5.41, 5.74) is 4.66. The van der Waals surface area contributed by atoms with Crippen LogP contribution in [0.3, 0.4) is 0 Å². The van der Waals surface area contributed by atoms with Gasteiger partial charge in [0.2, 0.25) is 15.9 Å². The molecule has 0 bridgehead atoms. The molecular weight excluding hydrogens is 464 g/mol. The molecular formula is C26H32N4O4S. The van der Waals surface area contributed by atoms with Crippen molar-refractivity contribution in [2.75, 3.05) is 37.6 Å². The van der Waals surface area contributed by atoms with Crippen molar-refractivity contribution in [3.05, 3.63) is 65.2 Å². The summed E-state index contributed by atoms with van der Waals surface area (Å²) in [5, 5.41) is 2.05. The molecule has 3 atom stereocenters. The van der Waals surface area contributed by atoms with Crippen LogP contribution < -0.4 is 10.2 Å². The maximum absolute atomic E-state index is 13.1. The first kappa shape index (κ1) is 23.7. The van der Waals surface area contributed by atoms with Crippen LogP contribution in [0.1, 0.15) is 23.1 Å². The Labute approximate surface area is 206 Å². The van der Waals surface area contributed by atoms with Gasteiger partial charge in [0.05, 0.1) is 11.8 Å². The lowest BCUT2D eigenvalue weighted by molar-refractivity contribution is -0.133. The number of carbonyl (C=O) groups excluding carboxylic acids is 2. The molecule has 2 aromatic carbocycles. The van der Waals surface area contributed by atoms with Crippen LogP contribution in [0.2, 0.25) is 0 Å². The Kier molecular flexibility index (Phi) is 6.21. The zero-order valence-corrected chi connectivity index (χ0v) is 21.0. The average Bonchev–Trinajstić information content (AvgIpc) is 3.52. The van der Waals surface area contributed by atoms with Gasteiger partial charge in [-0.25, -0.2) is 17.5 Å². The van der Waals surface area contributed by atoms with Gasteiger partial charge in [0.25, 0.3) is 0 Å². The molecule has 35 heavy (non-hydrogen) atoms. The van der Waals surface area contributed by atoms with E-state index in [1.54, 1.807) is 4.90 Å². The van der Waals surface area contributed by atoms with Crippen LogP contribution >= 0.6 is 0 Å². The van der Waals surface area contributed by atoms with Gasteiger partial charge in [0.1, 0.15) is 6.04 Å². The number of urea groups is 1. The van der Waals surface area contributed by atoms with Crippen molar-refractivity contribution in [3.8, 4) is 0 Å². The van der Waals surface area contributed by atoms with Gasteiger partial charge < -0.3 is 15.1 Å². The molecule has 2 aromatic rings. The third-order valence-corrected chi connectivity index (χ3v) is 9.63. The third kappa shape index (κ3) is 4.74. The molecule has 5 rings (SSSR count). The minimum Gasteiger partial charge on any atom is -0.368 e. The van der Waals surface area contributed by atoms with Crippen LogP contribution in [0.15, 0.2) is 48.5 Å². The van der Waals surface area contributed by atoms with Gasteiger partial charge in [0, 0.05) is 31.9 Å². The lowest BCUT2D eigenvalue weighted by Crippen LogP contribution is -2.54. The number of piperazine rings is 1. The fourth-order valence-electron chi connectivity index (χ4n) is 5.20. The number of hydrogen-bond acceptors (Lipinski definition) is 5.